The zero-order valence-corrected chi connectivity index (χ0v) is 7.33. The Balaban J connectivity index is 2.64. The predicted octanol–water partition coefficient (Wildman–Crippen LogP) is 1.60. The highest BCUT2D eigenvalue weighted by Gasteiger charge is 2.08. The average molecular weight is 156 g/mol. The summed E-state index contributed by atoms with van der Waals surface area (Å²) in [4.78, 5) is 4.38. The second-order valence-corrected chi connectivity index (χ2v) is 3.14. The third-order valence-electron chi connectivity index (χ3n) is 1.59. The van der Waals surface area contributed by atoms with Gasteiger partial charge >= 0.3 is 0 Å². The van der Waals surface area contributed by atoms with Crippen LogP contribution in [0.25, 0.3) is 0 Å². The van der Waals surface area contributed by atoms with Gasteiger partial charge in [0.25, 0.3) is 0 Å². The van der Waals surface area contributed by atoms with Crippen LogP contribution in [0, 0.1) is 0 Å². The summed E-state index contributed by atoms with van der Waals surface area (Å²) in [5.41, 5.74) is 1.29. The van der Waals surface area contributed by atoms with Crippen molar-refractivity contribution in [2.45, 2.75) is 19.9 Å². The Morgan fingerprint density at radius 2 is 2.40 bits per heavy atom. The quantitative estimate of drug-likeness (QED) is 0.576. The van der Waals surface area contributed by atoms with Crippen molar-refractivity contribution in [3.8, 4) is 0 Å². The zero-order chi connectivity index (χ0) is 7.56. The van der Waals surface area contributed by atoms with Crippen LogP contribution in [0.15, 0.2) is 16.8 Å². The van der Waals surface area contributed by atoms with Crippen LogP contribution in [-0.4, -0.2) is 17.5 Å². The molecule has 0 aromatic heterocycles. The Labute approximate surface area is 65.8 Å². The van der Waals surface area contributed by atoms with E-state index in [1.54, 1.807) is 11.8 Å². The van der Waals surface area contributed by atoms with Gasteiger partial charge in [0.2, 0.25) is 0 Å². The maximum atomic E-state index is 4.38. The van der Waals surface area contributed by atoms with Gasteiger partial charge in [-0.3, -0.25) is 4.99 Å². The summed E-state index contributed by atoms with van der Waals surface area (Å²) < 4.78 is 0. The van der Waals surface area contributed by atoms with Gasteiger partial charge in [0.1, 0.15) is 0 Å². The van der Waals surface area contributed by atoms with Gasteiger partial charge in [-0.25, -0.2) is 0 Å². The molecule has 56 valence electrons. The highest BCUT2D eigenvalue weighted by atomic mass is 32.2. The Hall–Kier alpha value is -0.440. The van der Waals surface area contributed by atoms with Crippen molar-refractivity contribution in [1.82, 2.24) is 5.32 Å². The smallest absolute Gasteiger partial charge is 0.160 e. The minimum absolute atomic E-state index is 0.351. The molecule has 2 nitrogen and oxygen atoms in total. The van der Waals surface area contributed by atoms with E-state index >= 15 is 0 Å². The molecule has 1 rings (SSSR count). The Morgan fingerprint density at radius 3 is 2.90 bits per heavy atom. The monoisotopic (exact) mass is 156 g/mol. The van der Waals surface area contributed by atoms with Crippen LogP contribution in [0.5, 0.6) is 0 Å². The van der Waals surface area contributed by atoms with Crippen LogP contribution in [0.1, 0.15) is 13.8 Å². The maximum absolute atomic E-state index is 4.38. The molecule has 0 spiro atoms. The van der Waals surface area contributed by atoms with Gasteiger partial charge in [-0.05, 0) is 25.7 Å². The molecule has 0 aliphatic carbocycles. The van der Waals surface area contributed by atoms with E-state index in [0.717, 1.165) is 5.17 Å². The molecule has 10 heavy (non-hydrogen) atoms. The topological polar surface area (TPSA) is 24.4 Å². The van der Waals surface area contributed by atoms with E-state index in [-0.39, 0.29) is 0 Å². The van der Waals surface area contributed by atoms with E-state index in [4.69, 9.17) is 0 Å². The van der Waals surface area contributed by atoms with E-state index in [1.807, 2.05) is 12.5 Å². The van der Waals surface area contributed by atoms with Crippen molar-refractivity contribution in [3.63, 3.8) is 0 Å². The third kappa shape index (κ3) is 1.53. The van der Waals surface area contributed by atoms with Crippen LogP contribution in [-0.2, 0) is 0 Å². The lowest BCUT2D eigenvalue weighted by Crippen LogP contribution is -2.22. The van der Waals surface area contributed by atoms with Crippen molar-refractivity contribution in [2.24, 2.45) is 4.99 Å². The van der Waals surface area contributed by atoms with Gasteiger partial charge in [-0.2, -0.15) is 0 Å². The summed E-state index contributed by atoms with van der Waals surface area (Å²) in [5, 5.41) is 4.11. The first-order valence-corrected chi connectivity index (χ1v) is 4.51. The van der Waals surface area contributed by atoms with Crippen LogP contribution >= 0.6 is 11.8 Å². The summed E-state index contributed by atoms with van der Waals surface area (Å²) in [6, 6.07) is 0.351. The first kappa shape index (κ1) is 7.66. The molecule has 0 aromatic carbocycles. The number of thioether (sulfide) groups is 1. The largest absolute Gasteiger partial charge is 0.341 e. The number of amidine groups is 1. The third-order valence-corrected chi connectivity index (χ3v) is 2.20. The first-order valence-electron chi connectivity index (χ1n) is 3.29. The number of aliphatic imine (C=N–C) groups is 1. The van der Waals surface area contributed by atoms with Gasteiger partial charge in [0, 0.05) is 6.20 Å². The number of rotatable bonds is 0. The first-order chi connectivity index (χ1) is 4.74. The highest BCUT2D eigenvalue weighted by Crippen LogP contribution is 2.11. The fourth-order valence-corrected chi connectivity index (χ4v) is 1.16. The normalized spacial score (nSPS) is 24.9. The molecule has 0 fully saturated rings. The van der Waals surface area contributed by atoms with Crippen LogP contribution in [0.4, 0.5) is 0 Å². The van der Waals surface area contributed by atoms with Gasteiger partial charge in [-0.15, -0.1) is 0 Å². The van der Waals surface area contributed by atoms with Crippen LogP contribution in [0.2, 0.25) is 0 Å². The second-order valence-electron chi connectivity index (χ2n) is 2.35. The summed E-state index contributed by atoms with van der Waals surface area (Å²) in [6.45, 7) is 4.18. The van der Waals surface area contributed by atoms with E-state index in [2.05, 4.69) is 24.2 Å². The molecule has 0 amide bonds. The summed E-state index contributed by atoms with van der Waals surface area (Å²) >= 11 is 1.65. The van der Waals surface area contributed by atoms with Gasteiger partial charge < -0.3 is 5.32 Å². The van der Waals surface area contributed by atoms with E-state index < -0.39 is 0 Å². The lowest BCUT2D eigenvalue weighted by atomic mass is 10.2. The van der Waals surface area contributed by atoms with E-state index in [0.29, 0.717) is 6.04 Å². The molecule has 3 heteroatoms. The fraction of sp³-hybridized carbons (Fsp3) is 0.571. The molecule has 0 bridgehead atoms. The van der Waals surface area contributed by atoms with Crippen molar-refractivity contribution in [3.05, 3.63) is 11.8 Å². The lowest BCUT2D eigenvalue weighted by Gasteiger charge is -2.15. The minimum Gasteiger partial charge on any atom is -0.341 e. The summed E-state index contributed by atoms with van der Waals surface area (Å²) in [5.74, 6) is 0. The van der Waals surface area contributed by atoms with Crippen molar-refractivity contribution in [1.29, 1.82) is 0 Å². The molecule has 0 saturated carbocycles. The van der Waals surface area contributed by atoms with Gasteiger partial charge in [0.05, 0.1) is 6.04 Å². The fourth-order valence-electron chi connectivity index (χ4n) is 0.723. The molecule has 1 N–H and O–H groups in total. The van der Waals surface area contributed by atoms with Crippen LogP contribution < -0.4 is 5.32 Å². The Morgan fingerprint density at radius 1 is 1.70 bits per heavy atom. The standard InChI is InChI=1S/C7H12N2S/c1-5-4-8-7(10-3)9-6(5)2/h4,6H,1-3H3,(H,8,9). The molecule has 0 saturated heterocycles. The Kier molecular flexibility index (Phi) is 2.38. The van der Waals surface area contributed by atoms with Crippen molar-refractivity contribution < 1.29 is 0 Å². The number of nitrogens with one attached hydrogen (secondary N) is 1. The zero-order valence-electron chi connectivity index (χ0n) is 6.51. The molecule has 0 aromatic rings. The van der Waals surface area contributed by atoms with E-state index in [9.17, 15) is 0 Å². The summed E-state index contributed by atoms with van der Waals surface area (Å²) in [6.07, 6.45) is 4.04. The second kappa shape index (κ2) is 3.10. The number of hydrogen-bond donors (Lipinski definition) is 1. The highest BCUT2D eigenvalue weighted by molar-refractivity contribution is 8.13. The number of hydrogen-bond acceptors (Lipinski definition) is 3. The molecular formula is C7H12N2S. The maximum Gasteiger partial charge on any atom is 0.160 e. The van der Waals surface area contributed by atoms with Gasteiger partial charge in [-0.1, -0.05) is 11.8 Å². The van der Waals surface area contributed by atoms with Crippen molar-refractivity contribution in [2.75, 3.05) is 6.26 Å². The number of nitrogens with zero attached hydrogens (tertiary/aromatic N) is 1. The molecule has 1 atom stereocenters. The molecular weight excluding hydrogens is 144 g/mol. The summed E-state index contributed by atoms with van der Waals surface area (Å²) in [7, 11) is 0. The van der Waals surface area contributed by atoms with E-state index in [1.165, 1.54) is 5.57 Å². The molecule has 1 unspecified atom stereocenters. The average Bonchev–Trinajstić information content (AvgIpc) is 1.95. The molecule has 1 heterocycles. The SMILES string of the molecule is CSC1=NC(C)C(C)=CN1. The molecule has 1 aliphatic rings. The van der Waals surface area contributed by atoms with Gasteiger partial charge in [0.15, 0.2) is 5.17 Å². The van der Waals surface area contributed by atoms with Crippen LogP contribution in [0.3, 0.4) is 0 Å². The lowest BCUT2D eigenvalue weighted by molar-refractivity contribution is 0.830. The minimum atomic E-state index is 0.351. The molecule has 0 radical (unpaired) electrons. The Bertz CT molecular complexity index is 184. The van der Waals surface area contributed by atoms with Crippen molar-refractivity contribution >= 4 is 16.9 Å². The predicted molar refractivity (Wildman–Crippen MR) is 47.3 cm³/mol. The molecule has 1 aliphatic heterocycles.